The molecule has 0 aromatic heterocycles. The molecule has 2 N–H and O–H groups in total. The molecule has 0 aromatic carbocycles. The van der Waals surface area contributed by atoms with Crippen molar-refractivity contribution in [3.05, 3.63) is 47.6 Å². The minimum absolute atomic E-state index is 0.0391. The minimum atomic E-state index is -0.642. The fourth-order valence-corrected chi connectivity index (χ4v) is 9.15. The standard InChI is InChI=1S/C20H30O4.C20H34O2/c1-5-23-19(22)10-6-8-14(2)16-11-12-17-18(24-15(3)21)9-7-13-20(16,17)4;1-5-20(22,6-2)14-7-9-15(3)16-11-12-17-18(21)10-8-13-19(16,17)4/h6,10-11,14,17-18H,5,7-9,12-13H2,1-4H3;7,11,14-15,17-18,21-22H,5-6,8-10,12-13H2,1-4H3/b10-6+;14-7+/t14-,17?,18-,20+;15-,17?,18-,19+/m00/s1. The van der Waals surface area contributed by atoms with Gasteiger partial charge in [0, 0.05) is 18.9 Å². The van der Waals surface area contributed by atoms with E-state index < -0.39 is 5.60 Å². The van der Waals surface area contributed by atoms with Crippen molar-refractivity contribution in [1.82, 2.24) is 0 Å². The number of esters is 2. The van der Waals surface area contributed by atoms with Crippen LogP contribution in [0.2, 0.25) is 0 Å². The van der Waals surface area contributed by atoms with Crippen LogP contribution in [0.1, 0.15) is 132 Å². The van der Waals surface area contributed by atoms with Gasteiger partial charge in [0.15, 0.2) is 0 Å². The van der Waals surface area contributed by atoms with E-state index in [1.165, 1.54) is 30.6 Å². The zero-order valence-electron chi connectivity index (χ0n) is 30.1. The van der Waals surface area contributed by atoms with Crippen LogP contribution in [0, 0.1) is 34.5 Å². The van der Waals surface area contributed by atoms with E-state index in [4.69, 9.17) is 9.47 Å². The quantitative estimate of drug-likeness (QED) is 0.126. The molecule has 8 atom stereocenters. The van der Waals surface area contributed by atoms with E-state index in [0.29, 0.717) is 30.3 Å². The summed E-state index contributed by atoms with van der Waals surface area (Å²) in [5, 5.41) is 20.7. The van der Waals surface area contributed by atoms with Gasteiger partial charge in [-0.2, -0.15) is 0 Å². The summed E-state index contributed by atoms with van der Waals surface area (Å²) in [6.07, 6.45) is 24.1. The first-order chi connectivity index (χ1) is 21.7. The number of allylic oxidation sites excluding steroid dienone is 6. The molecule has 4 rings (SSSR count). The fourth-order valence-electron chi connectivity index (χ4n) is 9.15. The van der Waals surface area contributed by atoms with Gasteiger partial charge in [-0.05, 0) is 113 Å². The molecule has 2 unspecified atom stereocenters. The molecule has 0 saturated heterocycles. The minimum Gasteiger partial charge on any atom is -0.463 e. The number of carbonyl (C=O) groups is 2. The fraction of sp³-hybridized carbons (Fsp3) is 0.750. The van der Waals surface area contributed by atoms with Crippen LogP contribution in [0.25, 0.3) is 0 Å². The maximum Gasteiger partial charge on any atom is 0.330 e. The molecule has 4 aliphatic rings. The zero-order valence-corrected chi connectivity index (χ0v) is 30.1. The summed E-state index contributed by atoms with van der Waals surface area (Å²) in [5.41, 5.74) is 2.65. The number of aliphatic hydroxyl groups excluding tert-OH is 1. The Hall–Kier alpha value is -2.18. The number of fused-ring (bicyclic) bond motifs is 2. The second kappa shape index (κ2) is 16.8. The van der Waals surface area contributed by atoms with Crippen molar-refractivity contribution >= 4 is 11.9 Å². The van der Waals surface area contributed by atoms with Gasteiger partial charge in [-0.3, -0.25) is 4.79 Å². The summed E-state index contributed by atoms with van der Waals surface area (Å²) < 4.78 is 10.5. The second-order valence-corrected chi connectivity index (χ2v) is 15.0. The van der Waals surface area contributed by atoms with Crippen molar-refractivity contribution in [2.75, 3.05) is 6.61 Å². The molecular formula is C40H64O6. The maximum absolute atomic E-state index is 11.4. The summed E-state index contributed by atoms with van der Waals surface area (Å²) in [4.78, 5) is 22.8. The van der Waals surface area contributed by atoms with E-state index in [-0.39, 0.29) is 35.0 Å². The topological polar surface area (TPSA) is 93.1 Å². The molecule has 2 saturated carbocycles. The predicted molar refractivity (Wildman–Crippen MR) is 186 cm³/mol. The molecule has 0 amide bonds. The Morgan fingerprint density at radius 1 is 0.935 bits per heavy atom. The van der Waals surface area contributed by atoms with E-state index in [2.05, 4.69) is 45.9 Å². The summed E-state index contributed by atoms with van der Waals surface area (Å²) in [7, 11) is 0. The Morgan fingerprint density at radius 2 is 1.48 bits per heavy atom. The van der Waals surface area contributed by atoms with Gasteiger partial charge in [-0.1, -0.05) is 83.1 Å². The van der Waals surface area contributed by atoms with Gasteiger partial charge in [-0.25, -0.2) is 4.79 Å². The van der Waals surface area contributed by atoms with Crippen molar-refractivity contribution in [2.45, 2.75) is 150 Å². The van der Waals surface area contributed by atoms with Gasteiger partial charge in [0.1, 0.15) is 6.10 Å². The van der Waals surface area contributed by atoms with E-state index in [1.807, 2.05) is 26.0 Å². The van der Waals surface area contributed by atoms with Crippen LogP contribution in [0.3, 0.4) is 0 Å². The van der Waals surface area contributed by atoms with Gasteiger partial charge >= 0.3 is 11.9 Å². The SMILES string of the molecule is CCC(O)(/C=C/C[C@H](C)C1=CCC2[C@@H](O)CCC[C@]12C)CC.CCOC(=O)/C=C/C[C@H](C)C1=CCC2[C@@H](OC(C)=O)CCC[C@]12C. The maximum atomic E-state index is 11.4. The number of carbonyl (C=O) groups excluding carboxylic acids is 2. The largest absolute Gasteiger partial charge is 0.463 e. The lowest BCUT2D eigenvalue weighted by Gasteiger charge is -2.44. The summed E-state index contributed by atoms with van der Waals surface area (Å²) in [6, 6.07) is 0. The molecule has 0 radical (unpaired) electrons. The molecule has 4 aliphatic carbocycles. The molecular weight excluding hydrogens is 576 g/mol. The van der Waals surface area contributed by atoms with Crippen LogP contribution in [-0.4, -0.2) is 46.6 Å². The van der Waals surface area contributed by atoms with Crippen molar-refractivity contribution in [2.24, 2.45) is 34.5 Å². The van der Waals surface area contributed by atoms with Crippen molar-refractivity contribution < 1.29 is 29.3 Å². The Balaban J connectivity index is 0.000000251. The number of hydrogen-bond donors (Lipinski definition) is 2. The highest BCUT2D eigenvalue weighted by atomic mass is 16.5. The third kappa shape index (κ3) is 9.04. The van der Waals surface area contributed by atoms with Gasteiger partial charge in [0.25, 0.3) is 0 Å². The third-order valence-electron chi connectivity index (χ3n) is 12.0. The smallest absolute Gasteiger partial charge is 0.330 e. The Morgan fingerprint density at radius 3 is 2.04 bits per heavy atom. The van der Waals surface area contributed by atoms with E-state index in [9.17, 15) is 19.8 Å². The molecule has 0 bridgehead atoms. The van der Waals surface area contributed by atoms with Crippen LogP contribution in [0.5, 0.6) is 0 Å². The number of hydrogen-bond acceptors (Lipinski definition) is 6. The lowest BCUT2D eigenvalue weighted by atomic mass is 9.63. The van der Waals surface area contributed by atoms with Gasteiger partial charge in [0.05, 0.1) is 18.3 Å². The highest BCUT2D eigenvalue weighted by Crippen LogP contribution is 2.56. The lowest BCUT2D eigenvalue weighted by Crippen LogP contribution is -2.41. The third-order valence-corrected chi connectivity index (χ3v) is 12.0. The zero-order chi connectivity index (χ0) is 34.1. The highest BCUT2D eigenvalue weighted by molar-refractivity contribution is 5.81. The van der Waals surface area contributed by atoms with E-state index >= 15 is 0 Å². The summed E-state index contributed by atoms with van der Waals surface area (Å²) in [5.74, 6) is 1.23. The Kier molecular flexibility index (Phi) is 14.0. The number of ether oxygens (including phenoxy) is 2. The molecule has 2 fully saturated rings. The summed E-state index contributed by atoms with van der Waals surface area (Å²) >= 11 is 0. The normalized spacial score (nSPS) is 32.1. The van der Waals surface area contributed by atoms with Crippen molar-refractivity contribution in [1.29, 1.82) is 0 Å². The first-order valence-corrected chi connectivity index (χ1v) is 18.2. The first kappa shape index (κ1) is 38.3. The van der Waals surface area contributed by atoms with Crippen LogP contribution < -0.4 is 0 Å². The van der Waals surface area contributed by atoms with Crippen molar-refractivity contribution in [3.63, 3.8) is 0 Å². The van der Waals surface area contributed by atoms with Crippen LogP contribution in [-0.2, 0) is 19.1 Å². The number of rotatable bonds is 12. The monoisotopic (exact) mass is 640 g/mol. The van der Waals surface area contributed by atoms with Crippen LogP contribution >= 0.6 is 0 Å². The van der Waals surface area contributed by atoms with E-state index in [0.717, 1.165) is 70.6 Å². The first-order valence-electron chi connectivity index (χ1n) is 18.2. The molecule has 260 valence electrons. The van der Waals surface area contributed by atoms with Gasteiger partial charge in [0.2, 0.25) is 0 Å². The highest BCUT2D eigenvalue weighted by Gasteiger charge is 2.49. The molecule has 6 nitrogen and oxygen atoms in total. The average molecular weight is 641 g/mol. The van der Waals surface area contributed by atoms with Crippen molar-refractivity contribution in [3.8, 4) is 0 Å². The second-order valence-electron chi connectivity index (χ2n) is 15.0. The van der Waals surface area contributed by atoms with E-state index in [1.54, 1.807) is 6.92 Å². The van der Waals surface area contributed by atoms with Crippen LogP contribution in [0.4, 0.5) is 0 Å². The molecule has 0 spiro atoms. The lowest BCUT2D eigenvalue weighted by molar-refractivity contribution is -0.153. The van der Waals surface area contributed by atoms with Gasteiger partial charge < -0.3 is 19.7 Å². The average Bonchev–Trinajstić information content (AvgIpc) is 3.55. The summed E-state index contributed by atoms with van der Waals surface area (Å²) in [6.45, 7) is 17.0. The number of aliphatic hydroxyl groups is 2. The molecule has 0 aliphatic heterocycles. The molecule has 6 heteroatoms. The molecule has 0 heterocycles. The van der Waals surface area contributed by atoms with Gasteiger partial charge in [-0.15, -0.1) is 0 Å². The predicted octanol–water partition coefficient (Wildman–Crippen LogP) is 8.82. The molecule has 0 aromatic rings. The van der Waals surface area contributed by atoms with Crippen LogP contribution in [0.15, 0.2) is 47.6 Å². The Bertz CT molecular complexity index is 1140. The molecule has 46 heavy (non-hydrogen) atoms. The Labute approximate surface area is 279 Å².